The van der Waals surface area contributed by atoms with Crippen molar-refractivity contribution in [1.29, 1.82) is 0 Å². The zero-order valence-corrected chi connectivity index (χ0v) is 10.6. The van der Waals surface area contributed by atoms with Gasteiger partial charge in [-0.3, -0.25) is 4.79 Å². The normalized spacial score (nSPS) is 13.4. The molecule has 3 heteroatoms. The Bertz CT molecular complexity index is 373. The fourth-order valence-corrected chi connectivity index (χ4v) is 1.78. The third kappa shape index (κ3) is 3.86. The average Bonchev–Trinajstić information content (AvgIpc) is 2.24. The van der Waals surface area contributed by atoms with Crippen LogP contribution in [0, 0.1) is 11.3 Å². The van der Waals surface area contributed by atoms with E-state index in [-0.39, 0.29) is 12.0 Å². The van der Waals surface area contributed by atoms with Gasteiger partial charge >= 0.3 is 5.97 Å². The molecule has 0 saturated heterocycles. The Kier molecular flexibility index (Phi) is 4.29. The lowest BCUT2D eigenvalue weighted by atomic mass is 9.77. The molecule has 1 unspecified atom stereocenters. The fraction of sp³-hybridized carbons (Fsp3) is 0.500. The van der Waals surface area contributed by atoms with Gasteiger partial charge in [0.25, 0.3) is 0 Å². The summed E-state index contributed by atoms with van der Waals surface area (Å²) in [6, 6.07) is 7.42. The number of carboxylic acids is 1. The summed E-state index contributed by atoms with van der Waals surface area (Å²) in [5, 5.41) is 18.2. The molecule has 0 heterocycles. The van der Waals surface area contributed by atoms with E-state index < -0.39 is 11.9 Å². The van der Waals surface area contributed by atoms with Gasteiger partial charge in [0.05, 0.1) is 12.5 Å². The molecule has 0 saturated carbocycles. The van der Waals surface area contributed by atoms with Crippen LogP contribution in [0.1, 0.15) is 31.9 Å². The molecule has 0 aliphatic carbocycles. The van der Waals surface area contributed by atoms with Gasteiger partial charge in [0.15, 0.2) is 0 Å². The highest BCUT2D eigenvalue weighted by Crippen LogP contribution is 2.29. The van der Waals surface area contributed by atoms with E-state index in [1.165, 1.54) is 0 Å². The Morgan fingerprint density at radius 1 is 1.18 bits per heavy atom. The molecule has 2 N–H and O–H groups in total. The standard InChI is InChI=1S/C14H20O3/c1-14(2,3)12(13(16)17)8-10-4-6-11(9-15)7-5-10/h4-7,12,15H,8-9H2,1-3H3,(H,16,17). The van der Waals surface area contributed by atoms with E-state index in [1.54, 1.807) is 0 Å². The maximum Gasteiger partial charge on any atom is 0.307 e. The van der Waals surface area contributed by atoms with E-state index in [2.05, 4.69) is 0 Å². The van der Waals surface area contributed by atoms with Crippen LogP contribution in [0.4, 0.5) is 0 Å². The van der Waals surface area contributed by atoms with Crippen molar-refractivity contribution in [1.82, 2.24) is 0 Å². The third-order valence-corrected chi connectivity index (χ3v) is 2.99. The van der Waals surface area contributed by atoms with Crippen molar-refractivity contribution in [2.45, 2.75) is 33.8 Å². The highest BCUT2D eigenvalue weighted by molar-refractivity contribution is 5.71. The number of hydrogen-bond acceptors (Lipinski definition) is 2. The van der Waals surface area contributed by atoms with Crippen LogP contribution in [-0.4, -0.2) is 16.2 Å². The number of hydrogen-bond donors (Lipinski definition) is 2. The minimum absolute atomic E-state index is 0.0158. The second kappa shape index (κ2) is 5.32. The fourth-order valence-electron chi connectivity index (χ4n) is 1.78. The number of benzene rings is 1. The monoisotopic (exact) mass is 236 g/mol. The molecule has 0 amide bonds. The average molecular weight is 236 g/mol. The van der Waals surface area contributed by atoms with Crippen LogP contribution in [0.25, 0.3) is 0 Å². The summed E-state index contributed by atoms with van der Waals surface area (Å²) >= 11 is 0. The van der Waals surface area contributed by atoms with Gasteiger partial charge in [-0.05, 0) is 23.0 Å². The lowest BCUT2D eigenvalue weighted by Crippen LogP contribution is -2.30. The van der Waals surface area contributed by atoms with Gasteiger partial charge in [0.1, 0.15) is 0 Å². The van der Waals surface area contributed by atoms with E-state index in [1.807, 2.05) is 45.0 Å². The molecule has 0 aromatic heterocycles. The smallest absolute Gasteiger partial charge is 0.307 e. The molecule has 3 nitrogen and oxygen atoms in total. The van der Waals surface area contributed by atoms with Crippen molar-refractivity contribution >= 4 is 5.97 Å². The zero-order valence-electron chi connectivity index (χ0n) is 10.6. The minimum Gasteiger partial charge on any atom is -0.481 e. The van der Waals surface area contributed by atoms with Gasteiger partial charge in [-0.1, -0.05) is 45.0 Å². The van der Waals surface area contributed by atoms with Crippen LogP contribution in [0.5, 0.6) is 0 Å². The Balaban J connectivity index is 2.83. The Morgan fingerprint density at radius 3 is 2.00 bits per heavy atom. The first-order chi connectivity index (χ1) is 7.84. The van der Waals surface area contributed by atoms with Gasteiger partial charge < -0.3 is 10.2 Å². The summed E-state index contributed by atoms with van der Waals surface area (Å²) in [5.74, 6) is -1.16. The molecule has 0 aliphatic heterocycles. The summed E-state index contributed by atoms with van der Waals surface area (Å²) in [7, 11) is 0. The van der Waals surface area contributed by atoms with Gasteiger partial charge in [-0.15, -0.1) is 0 Å². The number of aliphatic hydroxyl groups excluding tert-OH is 1. The van der Waals surface area contributed by atoms with Gasteiger partial charge in [0.2, 0.25) is 0 Å². The quantitative estimate of drug-likeness (QED) is 0.844. The molecule has 0 bridgehead atoms. The molecule has 0 fully saturated rings. The van der Waals surface area contributed by atoms with Crippen molar-refractivity contribution in [3.63, 3.8) is 0 Å². The highest BCUT2D eigenvalue weighted by atomic mass is 16.4. The molecular weight excluding hydrogens is 216 g/mol. The van der Waals surface area contributed by atoms with E-state index in [0.717, 1.165) is 11.1 Å². The molecule has 1 rings (SSSR count). The molecule has 1 atom stereocenters. The summed E-state index contributed by atoms with van der Waals surface area (Å²) in [6.45, 7) is 5.83. The lowest BCUT2D eigenvalue weighted by molar-refractivity contribution is -0.145. The summed E-state index contributed by atoms with van der Waals surface area (Å²) in [6.07, 6.45) is 0.518. The summed E-state index contributed by atoms with van der Waals surface area (Å²) < 4.78 is 0. The van der Waals surface area contributed by atoms with Crippen LogP contribution >= 0.6 is 0 Å². The third-order valence-electron chi connectivity index (χ3n) is 2.99. The van der Waals surface area contributed by atoms with Crippen molar-refractivity contribution in [2.24, 2.45) is 11.3 Å². The minimum atomic E-state index is -0.760. The van der Waals surface area contributed by atoms with Crippen molar-refractivity contribution in [2.75, 3.05) is 0 Å². The molecule has 0 aliphatic rings. The topological polar surface area (TPSA) is 57.5 Å². The number of aliphatic hydroxyl groups is 1. The molecular formula is C14H20O3. The Hall–Kier alpha value is -1.35. The molecule has 0 radical (unpaired) electrons. The van der Waals surface area contributed by atoms with E-state index in [4.69, 9.17) is 5.11 Å². The van der Waals surface area contributed by atoms with Gasteiger partial charge in [-0.25, -0.2) is 0 Å². The predicted octanol–water partition coefficient (Wildman–Crippen LogP) is 2.47. The Labute approximate surface area is 102 Å². The van der Waals surface area contributed by atoms with Gasteiger partial charge in [-0.2, -0.15) is 0 Å². The largest absolute Gasteiger partial charge is 0.481 e. The van der Waals surface area contributed by atoms with Crippen LogP contribution in [-0.2, 0) is 17.8 Å². The molecule has 1 aromatic rings. The number of carbonyl (C=O) groups is 1. The number of carboxylic acid groups (broad SMARTS) is 1. The van der Waals surface area contributed by atoms with E-state index in [9.17, 15) is 9.90 Å². The predicted molar refractivity (Wildman–Crippen MR) is 66.6 cm³/mol. The molecule has 0 spiro atoms. The first kappa shape index (κ1) is 13.7. The summed E-state index contributed by atoms with van der Waals surface area (Å²) in [5.41, 5.74) is 1.57. The molecule has 17 heavy (non-hydrogen) atoms. The summed E-state index contributed by atoms with van der Waals surface area (Å²) in [4.78, 5) is 11.2. The Morgan fingerprint density at radius 2 is 1.65 bits per heavy atom. The van der Waals surface area contributed by atoms with Gasteiger partial charge in [0, 0.05) is 0 Å². The van der Waals surface area contributed by atoms with Crippen molar-refractivity contribution in [3.05, 3.63) is 35.4 Å². The van der Waals surface area contributed by atoms with Crippen LogP contribution in [0.15, 0.2) is 24.3 Å². The van der Waals surface area contributed by atoms with Crippen molar-refractivity contribution < 1.29 is 15.0 Å². The molecule has 94 valence electrons. The van der Waals surface area contributed by atoms with Crippen LogP contribution in [0.3, 0.4) is 0 Å². The van der Waals surface area contributed by atoms with Crippen LogP contribution < -0.4 is 0 Å². The SMILES string of the molecule is CC(C)(C)C(Cc1ccc(CO)cc1)C(=O)O. The first-order valence-electron chi connectivity index (χ1n) is 5.76. The first-order valence-corrected chi connectivity index (χ1v) is 5.76. The highest BCUT2D eigenvalue weighted by Gasteiger charge is 2.30. The zero-order chi connectivity index (χ0) is 13.1. The number of aliphatic carboxylic acids is 1. The lowest BCUT2D eigenvalue weighted by Gasteiger charge is -2.27. The van der Waals surface area contributed by atoms with E-state index >= 15 is 0 Å². The maximum atomic E-state index is 11.2. The second-order valence-corrected chi connectivity index (χ2v) is 5.44. The molecule has 1 aromatic carbocycles. The second-order valence-electron chi connectivity index (χ2n) is 5.44. The van der Waals surface area contributed by atoms with Crippen LogP contribution in [0.2, 0.25) is 0 Å². The number of rotatable bonds is 4. The maximum absolute atomic E-state index is 11.2. The van der Waals surface area contributed by atoms with Crippen molar-refractivity contribution in [3.8, 4) is 0 Å². The van der Waals surface area contributed by atoms with E-state index in [0.29, 0.717) is 6.42 Å².